The van der Waals surface area contributed by atoms with Gasteiger partial charge in [0.15, 0.2) is 11.9 Å². The number of halogens is 1. The van der Waals surface area contributed by atoms with Gasteiger partial charge in [0, 0.05) is 25.8 Å². The van der Waals surface area contributed by atoms with Gasteiger partial charge >= 0.3 is 19.4 Å². The lowest BCUT2D eigenvalue weighted by molar-refractivity contribution is -0.145. The minimum atomic E-state index is -4.33. The molecule has 0 spiro atoms. The topological polar surface area (TPSA) is 153 Å². The molecule has 6 atom stereocenters. The third-order valence-corrected chi connectivity index (χ3v) is 8.39. The second-order valence-corrected chi connectivity index (χ2v) is 11.6. The lowest BCUT2D eigenvalue weighted by Gasteiger charge is -2.27. The van der Waals surface area contributed by atoms with Gasteiger partial charge in [0.25, 0.3) is 5.56 Å². The van der Waals surface area contributed by atoms with Crippen LogP contribution in [0, 0.1) is 0 Å². The van der Waals surface area contributed by atoms with Crippen molar-refractivity contribution in [1.29, 1.82) is 0 Å². The van der Waals surface area contributed by atoms with Crippen LogP contribution in [-0.4, -0.2) is 65.3 Å². The predicted molar refractivity (Wildman–Crippen MR) is 147 cm³/mol. The summed E-state index contributed by atoms with van der Waals surface area (Å²) in [6.07, 6.45) is 0.431. The van der Waals surface area contributed by atoms with Gasteiger partial charge in [-0.3, -0.25) is 23.5 Å². The van der Waals surface area contributed by atoms with Gasteiger partial charge in [-0.05, 0) is 38.8 Å². The van der Waals surface area contributed by atoms with Gasteiger partial charge in [-0.2, -0.15) is 9.65 Å². The average Bonchev–Trinajstić information content (AvgIpc) is 3.20. The number of methoxy groups -OCH3 is 1. The van der Waals surface area contributed by atoms with E-state index in [0.29, 0.717) is 11.0 Å². The van der Waals surface area contributed by atoms with Crippen molar-refractivity contribution in [2.75, 3.05) is 20.3 Å². The first-order valence-corrected chi connectivity index (χ1v) is 14.8. The summed E-state index contributed by atoms with van der Waals surface area (Å²) in [6.45, 7) is 1.97. The number of fused-ring (bicyclic) bond motifs is 5. The molecule has 2 aliphatic rings. The van der Waals surface area contributed by atoms with Crippen LogP contribution in [0.2, 0.25) is 0 Å². The highest BCUT2D eigenvalue weighted by Gasteiger charge is 2.57. The molecule has 42 heavy (non-hydrogen) atoms. The minimum Gasteiger partial charge on any atom is -0.464 e. The zero-order chi connectivity index (χ0) is 30.5. The van der Waals surface area contributed by atoms with E-state index in [2.05, 4.69) is 5.09 Å². The van der Waals surface area contributed by atoms with Crippen molar-refractivity contribution in [3.05, 3.63) is 75.6 Å². The fraction of sp³-hybridized carbons (Fsp3) is 0.481. The summed E-state index contributed by atoms with van der Waals surface area (Å²) in [5.41, 5.74) is -4.34. The van der Waals surface area contributed by atoms with E-state index in [0.717, 1.165) is 23.8 Å². The van der Waals surface area contributed by atoms with Gasteiger partial charge in [-0.25, -0.2) is 13.8 Å². The van der Waals surface area contributed by atoms with Crippen LogP contribution in [0.4, 0.5) is 4.39 Å². The highest BCUT2D eigenvalue weighted by molar-refractivity contribution is 7.52. The molecule has 13 nitrogen and oxygen atoms in total. The van der Waals surface area contributed by atoms with Crippen LogP contribution in [0.15, 0.2) is 64.3 Å². The summed E-state index contributed by atoms with van der Waals surface area (Å²) in [7, 11) is -3.11. The predicted octanol–water partition coefficient (Wildman–Crippen LogP) is 2.76. The maximum absolute atomic E-state index is 16.2. The zero-order valence-electron chi connectivity index (χ0n) is 23.3. The maximum Gasteiger partial charge on any atom is 0.459 e. The SMILES string of the molecule is CO[C@@H]1C2COP(=O)(Oc3ccccc3)N[C@@H](C)C(=O)OCCC=CCCC(=O)n3c(=O)ccn(c3=O)C(O2)[C@]1(C)F. The molecule has 1 aromatic carbocycles. The van der Waals surface area contributed by atoms with Crippen molar-refractivity contribution in [2.45, 2.75) is 63.3 Å². The number of aromatic nitrogens is 2. The molecule has 1 N–H and O–H groups in total. The van der Waals surface area contributed by atoms with Crippen LogP contribution in [0.5, 0.6) is 5.75 Å². The Morgan fingerprint density at radius 3 is 2.52 bits per heavy atom. The van der Waals surface area contributed by atoms with E-state index in [-0.39, 0.29) is 25.2 Å². The number of nitrogens with zero attached hydrogens (tertiary/aromatic N) is 2. The Bertz CT molecular complexity index is 1470. The van der Waals surface area contributed by atoms with Gasteiger partial charge < -0.3 is 18.7 Å². The Labute approximate surface area is 240 Å². The summed E-state index contributed by atoms with van der Waals surface area (Å²) >= 11 is 0. The molecule has 3 unspecified atom stereocenters. The van der Waals surface area contributed by atoms with Gasteiger partial charge in [0.2, 0.25) is 5.91 Å². The first-order valence-electron chi connectivity index (χ1n) is 13.3. The second kappa shape index (κ2) is 13.3. The van der Waals surface area contributed by atoms with Gasteiger partial charge in [0.1, 0.15) is 24.0 Å². The molecule has 4 bridgehead atoms. The number of carbonyl (C=O) groups excluding carboxylic acids is 2. The highest BCUT2D eigenvalue weighted by Crippen LogP contribution is 2.48. The number of cyclic esters (lactones) is 1. The molecule has 2 aromatic rings. The van der Waals surface area contributed by atoms with Crippen molar-refractivity contribution in [3.63, 3.8) is 0 Å². The van der Waals surface area contributed by atoms with Crippen molar-refractivity contribution >= 4 is 19.6 Å². The first-order chi connectivity index (χ1) is 20.0. The number of nitrogens with one attached hydrogen (secondary N) is 1. The third-order valence-electron chi connectivity index (χ3n) is 6.75. The van der Waals surface area contributed by atoms with Crippen molar-refractivity contribution < 1.29 is 41.8 Å². The minimum absolute atomic E-state index is 0.00917. The van der Waals surface area contributed by atoms with Crippen LogP contribution in [0.1, 0.15) is 44.1 Å². The summed E-state index contributed by atoms with van der Waals surface area (Å²) in [5, 5.41) is 2.55. The highest BCUT2D eigenvalue weighted by atomic mass is 31.2. The smallest absolute Gasteiger partial charge is 0.459 e. The fourth-order valence-electron chi connectivity index (χ4n) is 4.70. The fourth-order valence-corrected chi connectivity index (χ4v) is 6.20. The Balaban J connectivity index is 1.71. The number of hydrogen-bond acceptors (Lipinski definition) is 10. The van der Waals surface area contributed by atoms with Crippen molar-refractivity contribution in [3.8, 4) is 5.75 Å². The molecule has 2 aliphatic heterocycles. The van der Waals surface area contributed by atoms with Crippen LogP contribution in [0.25, 0.3) is 0 Å². The molecule has 1 aromatic heterocycles. The quantitative estimate of drug-likeness (QED) is 0.311. The van der Waals surface area contributed by atoms with Gasteiger partial charge in [-0.1, -0.05) is 30.4 Å². The summed E-state index contributed by atoms with van der Waals surface area (Å²) < 4.78 is 59.1. The number of alkyl halides is 1. The van der Waals surface area contributed by atoms with E-state index in [1.807, 2.05) is 0 Å². The summed E-state index contributed by atoms with van der Waals surface area (Å²) in [5.74, 6) is -1.35. The zero-order valence-corrected chi connectivity index (χ0v) is 24.2. The molecular formula is C27H33FN3O10P. The Morgan fingerprint density at radius 1 is 1.10 bits per heavy atom. The third kappa shape index (κ3) is 6.96. The average molecular weight is 610 g/mol. The standard InChI is InChI=1S/C27H33FN3O10P/c1-18-24(34)38-16-10-5-4-9-13-21(32)31-22(33)14-15-30(26(31)35)25-27(2,28)23(37-3)20(40-25)17-39-42(36,29-18)41-19-11-7-6-8-12-19/h4-8,11-12,14-15,18,20,23,25H,9-10,13,16-17H2,1-3H3,(H,29,36)/t18-,20?,23+,25?,27+,42?/m0/s1. The number of para-hydroxylation sites is 1. The summed E-state index contributed by atoms with van der Waals surface area (Å²) in [6, 6.07) is 7.89. The molecule has 0 amide bonds. The van der Waals surface area contributed by atoms with E-state index in [4.69, 9.17) is 23.3 Å². The molecule has 3 heterocycles. The van der Waals surface area contributed by atoms with E-state index < -0.39 is 67.6 Å². The van der Waals surface area contributed by atoms with E-state index in [1.165, 1.54) is 26.2 Å². The lowest BCUT2D eigenvalue weighted by atomic mass is 9.98. The molecular weight excluding hydrogens is 576 g/mol. The van der Waals surface area contributed by atoms with Crippen LogP contribution in [-0.2, 0) is 28.1 Å². The van der Waals surface area contributed by atoms with Gasteiger partial charge in [0.05, 0.1) is 13.2 Å². The number of esters is 1. The molecule has 4 rings (SSSR count). The molecule has 0 radical (unpaired) electrons. The first kappa shape index (κ1) is 31.5. The van der Waals surface area contributed by atoms with Crippen LogP contribution < -0.4 is 20.9 Å². The normalized spacial score (nSPS) is 31.3. The molecule has 1 fully saturated rings. The van der Waals surface area contributed by atoms with Crippen LogP contribution >= 0.6 is 7.75 Å². The second-order valence-electron chi connectivity index (χ2n) is 9.92. The Kier molecular flexibility index (Phi) is 9.95. The number of carbonyl (C=O) groups is 2. The number of ether oxygens (including phenoxy) is 3. The molecule has 0 saturated carbocycles. The molecule has 228 valence electrons. The molecule has 15 heteroatoms. The van der Waals surface area contributed by atoms with Gasteiger partial charge in [-0.15, -0.1) is 0 Å². The summed E-state index contributed by atoms with van der Waals surface area (Å²) in [4.78, 5) is 51.1. The van der Waals surface area contributed by atoms with E-state index in [9.17, 15) is 23.7 Å². The number of allylic oxidation sites excluding steroid dienone is 1. The van der Waals surface area contributed by atoms with Crippen molar-refractivity contribution in [1.82, 2.24) is 14.2 Å². The Morgan fingerprint density at radius 2 is 1.81 bits per heavy atom. The van der Waals surface area contributed by atoms with E-state index >= 15 is 4.39 Å². The number of benzene rings is 1. The maximum atomic E-state index is 16.2. The lowest BCUT2D eigenvalue weighted by Crippen LogP contribution is -2.48. The molecule has 0 aliphatic carbocycles. The van der Waals surface area contributed by atoms with E-state index in [1.54, 1.807) is 30.4 Å². The largest absolute Gasteiger partial charge is 0.464 e. The monoisotopic (exact) mass is 609 g/mol. The Hall–Kier alpha value is -3.42. The number of hydrogen-bond donors (Lipinski definition) is 1. The molecule has 1 saturated heterocycles. The van der Waals surface area contributed by atoms with Crippen molar-refractivity contribution in [2.24, 2.45) is 0 Å². The number of rotatable bonds is 3. The van der Waals surface area contributed by atoms with Crippen LogP contribution in [0.3, 0.4) is 0 Å².